The number of carbonyl (C=O) groups is 1. The molecule has 1 aromatic carbocycles. The molecule has 0 aromatic heterocycles. The van der Waals surface area contributed by atoms with E-state index in [1.54, 1.807) is 30.2 Å². The second-order valence-electron chi connectivity index (χ2n) is 3.97. The van der Waals surface area contributed by atoms with Gasteiger partial charge in [-0.2, -0.15) is 0 Å². The number of amides is 1. The second-order valence-corrected chi connectivity index (χ2v) is 4.40. The van der Waals surface area contributed by atoms with Gasteiger partial charge in [-0.1, -0.05) is 11.6 Å². The van der Waals surface area contributed by atoms with E-state index in [0.29, 0.717) is 30.3 Å². The molecule has 1 N–H and O–H groups in total. The lowest BCUT2D eigenvalue weighted by Crippen LogP contribution is -2.36. The SMILES string of the molecule is COCCN(CCO)C(=O)c1ccc(Cl)cc1C. The first kappa shape index (κ1) is 15.0. The zero-order valence-electron chi connectivity index (χ0n) is 10.6. The number of carbonyl (C=O) groups excluding carboxylic acids is 1. The van der Waals surface area contributed by atoms with Crippen molar-refractivity contribution in [2.24, 2.45) is 0 Å². The second kappa shape index (κ2) is 7.36. The van der Waals surface area contributed by atoms with E-state index in [0.717, 1.165) is 5.56 Å². The van der Waals surface area contributed by atoms with Crippen LogP contribution in [0.15, 0.2) is 18.2 Å². The number of hydrogen-bond acceptors (Lipinski definition) is 3. The van der Waals surface area contributed by atoms with Crippen LogP contribution in [0.5, 0.6) is 0 Å². The van der Waals surface area contributed by atoms with Crippen LogP contribution >= 0.6 is 11.6 Å². The number of ether oxygens (including phenoxy) is 1. The van der Waals surface area contributed by atoms with Gasteiger partial charge >= 0.3 is 0 Å². The van der Waals surface area contributed by atoms with Gasteiger partial charge in [0.2, 0.25) is 0 Å². The molecule has 0 fully saturated rings. The molecule has 0 aliphatic carbocycles. The maximum absolute atomic E-state index is 12.3. The molecule has 1 rings (SSSR count). The molecular formula is C13H18ClNO3. The van der Waals surface area contributed by atoms with Gasteiger partial charge in [0.1, 0.15) is 0 Å². The highest BCUT2D eigenvalue weighted by Gasteiger charge is 2.16. The predicted molar refractivity (Wildman–Crippen MR) is 71.1 cm³/mol. The number of methoxy groups -OCH3 is 1. The van der Waals surface area contributed by atoms with Crippen LogP contribution in [0.1, 0.15) is 15.9 Å². The molecule has 5 heteroatoms. The van der Waals surface area contributed by atoms with Gasteiger partial charge in [-0.05, 0) is 30.7 Å². The monoisotopic (exact) mass is 271 g/mol. The molecular weight excluding hydrogens is 254 g/mol. The van der Waals surface area contributed by atoms with E-state index >= 15 is 0 Å². The largest absolute Gasteiger partial charge is 0.395 e. The van der Waals surface area contributed by atoms with E-state index in [2.05, 4.69) is 0 Å². The normalized spacial score (nSPS) is 10.4. The molecule has 0 saturated heterocycles. The third-order valence-electron chi connectivity index (χ3n) is 2.64. The maximum atomic E-state index is 12.3. The number of aliphatic hydroxyl groups is 1. The summed E-state index contributed by atoms with van der Waals surface area (Å²) in [4.78, 5) is 13.9. The minimum Gasteiger partial charge on any atom is -0.395 e. The Kier molecular flexibility index (Phi) is 6.12. The third kappa shape index (κ3) is 3.98. The summed E-state index contributed by atoms with van der Waals surface area (Å²) in [6.45, 7) is 2.97. The van der Waals surface area contributed by atoms with Crippen molar-refractivity contribution in [2.75, 3.05) is 33.4 Å². The Morgan fingerprint density at radius 1 is 1.44 bits per heavy atom. The van der Waals surface area contributed by atoms with Gasteiger partial charge in [-0.3, -0.25) is 4.79 Å². The third-order valence-corrected chi connectivity index (χ3v) is 2.88. The Hall–Kier alpha value is -1.10. The Morgan fingerprint density at radius 3 is 2.72 bits per heavy atom. The Bertz CT molecular complexity index is 409. The lowest BCUT2D eigenvalue weighted by molar-refractivity contribution is 0.0656. The highest BCUT2D eigenvalue weighted by Crippen LogP contribution is 2.16. The Morgan fingerprint density at radius 2 is 2.17 bits per heavy atom. The zero-order chi connectivity index (χ0) is 13.5. The van der Waals surface area contributed by atoms with Crippen molar-refractivity contribution in [3.8, 4) is 0 Å². The lowest BCUT2D eigenvalue weighted by atomic mass is 10.1. The van der Waals surface area contributed by atoms with Crippen molar-refractivity contribution in [3.63, 3.8) is 0 Å². The highest BCUT2D eigenvalue weighted by atomic mass is 35.5. The molecule has 0 radical (unpaired) electrons. The number of aliphatic hydroxyl groups excluding tert-OH is 1. The van der Waals surface area contributed by atoms with Crippen molar-refractivity contribution in [1.82, 2.24) is 4.90 Å². The average molecular weight is 272 g/mol. The van der Waals surface area contributed by atoms with Crippen molar-refractivity contribution < 1.29 is 14.6 Å². The molecule has 0 unspecified atom stereocenters. The number of hydrogen-bond donors (Lipinski definition) is 1. The smallest absolute Gasteiger partial charge is 0.254 e. The van der Waals surface area contributed by atoms with Gasteiger partial charge in [0.15, 0.2) is 0 Å². The van der Waals surface area contributed by atoms with Crippen LogP contribution in [0.3, 0.4) is 0 Å². The summed E-state index contributed by atoms with van der Waals surface area (Å²) in [7, 11) is 1.58. The summed E-state index contributed by atoms with van der Waals surface area (Å²) < 4.78 is 4.96. The fourth-order valence-electron chi connectivity index (χ4n) is 1.67. The summed E-state index contributed by atoms with van der Waals surface area (Å²) >= 11 is 5.86. The van der Waals surface area contributed by atoms with Gasteiger partial charge in [-0.15, -0.1) is 0 Å². The number of nitrogens with zero attached hydrogens (tertiary/aromatic N) is 1. The average Bonchev–Trinajstić information content (AvgIpc) is 2.33. The van der Waals surface area contributed by atoms with Gasteiger partial charge in [0, 0.05) is 30.8 Å². The van der Waals surface area contributed by atoms with Crippen molar-refractivity contribution >= 4 is 17.5 Å². The molecule has 100 valence electrons. The van der Waals surface area contributed by atoms with E-state index in [1.807, 2.05) is 6.92 Å². The first-order chi connectivity index (χ1) is 8.60. The summed E-state index contributed by atoms with van der Waals surface area (Å²) in [5.41, 5.74) is 1.43. The van der Waals surface area contributed by atoms with Gasteiger partial charge in [-0.25, -0.2) is 0 Å². The minimum atomic E-state index is -0.115. The van der Waals surface area contributed by atoms with Crippen LogP contribution in [0.4, 0.5) is 0 Å². The fraction of sp³-hybridized carbons (Fsp3) is 0.462. The molecule has 0 spiro atoms. The first-order valence-corrected chi connectivity index (χ1v) is 6.13. The fourth-order valence-corrected chi connectivity index (χ4v) is 1.90. The highest BCUT2D eigenvalue weighted by molar-refractivity contribution is 6.30. The quantitative estimate of drug-likeness (QED) is 0.857. The van der Waals surface area contributed by atoms with Crippen LogP contribution in [-0.2, 0) is 4.74 Å². The molecule has 1 aromatic rings. The number of rotatable bonds is 6. The van der Waals surface area contributed by atoms with Gasteiger partial charge in [0.25, 0.3) is 5.91 Å². The molecule has 0 heterocycles. The summed E-state index contributed by atoms with van der Waals surface area (Å²) in [6.07, 6.45) is 0. The van der Waals surface area contributed by atoms with Crippen LogP contribution in [0.2, 0.25) is 5.02 Å². The number of aryl methyl sites for hydroxylation is 1. The molecule has 0 bridgehead atoms. The zero-order valence-corrected chi connectivity index (χ0v) is 11.4. The van der Waals surface area contributed by atoms with Crippen molar-refractivity contribution in [1.29, 1.82) is 0 Å². The van der Waals surface area contributed by atoms with E-state index < -0.39 is 0 Å². The number of benzene rings is 1. The van der Waals surface area contributed by atoms with E-state index in [1.165, 1.54) is 0 Å². The van der Waals surface area contributed by atoms with Crippen LogP contribution in [0, 0.1) is 6.92 Å². The number of halogens is 1. The molecule has 0 atom stereocenters. The summed E-state index contributed by atoms with van der Waals surface area (Å²) in [6, 6.07) is 5.15. The first-order valence-electron chi connectivity index (χ1n) is 5.75. The van der Waals surface area contributed by atoms with E-state index in [4.69, 9.17) is 21.4 Å². The standard InChI is InChI=1S/C13H18ClNO3/c1-10-9-11(14)3-4-12(10)13(17)15(5-7-16)6-8-18-2/h3-4,9,16H,5-8H2,1-2H3. The van der Waals surface area contributed by atoms with Gasteiger partial charge in [0.05, 0.1) is 13.2 Å². The van der Waals surface area contributed by atoms with E-state index in [-0.39, 0.29) is 12.5 Å². The molecule has 0 saturated carbocycles. The van der Waals surface area contributed by atoms with E-state index in [9.17, 15) is 4.79 Å². The Balaban J connectivity index is 2.87. The topological polar surface area (TPSA) is 49.8 Å². The molecule has 4 nitrogen and oxygen atoms in total. The van der Waals surface area contributed by atoms with Crippen molar-refractivity contribution in [2.45, 2.75) is 6.92 Å². The van der Waals surface area contributed by atoms with Crippen LogP contribution in [0.25, 0.3) is 0 Å². The van der Waals surface area contributed by atoms with Crippen LogP contribution in [-0.4, -0.2) is 49.3 Å². The molecule has 0 aliphatic heterocycles. The minimum absolute atomic E-state index is 0.0674. The van der Waals surface area contributed by atoms with Crippen molar-refractivity contribution in [3.05, 3.63) is 34.3 Å². The lowest BCUT2D eigenvalue weighted by Gasteiger charge is -2.22. The Labute approximate surface area is 112 Å². The molecule has 0 aliphatic rings. The summed E-state index contributed by atoms with van der Waals surface area (Å²) in [5, 5.41) is 9.60. The molecule has 18 heavy (non-hydrogen) atoms. The van der Waals surface area contributed by atoms with Gasteiger partial charge < -0.3 is 14.7 Å². The maximum Gasteiger partial charge on any atom is 0.254 e. The summed E-state index contributed by atoms with van der Waals surface area (Å²) in [5.74, 6) is -0.115. The predicted octanol–water partition coefficient (Wildman–Crippen LogP) is 1.73. The molecule has 1 amide bonds. The van der Waals surface area contributed by atoms with Crippen LogP contribution < -0.4 is 0 Å².